The number of H-pyrrole nitrogens is 2. The first-order chi connectivity index (χ1) is 19.2. The maximum atomic E-state index is 11.2. The number of nitrogens with zero attached hydrogens (tertiary/aromatic N) is 7. The maximum Gasteiger partial charge on any atom is 0.271 e. The fourth-order valence-corrected chi connectivity index (χ4v) is 4.77. The van der Waals surface area contributed by atoms with Crippen molar-refractivity contribution in [3.63, 3.8) is 0 Å². The summed E-state index contributed by atoms with van der Waals surface area (Å²) in [5.41, 5.74) is 4.29. The highest BCUT2D eigenvalue weighted by Crippen LogP contribution is 2.31. The minimum atomic E-state index is -0.474. The van der Waals surface area contributed by atoms with Crippen molar-refractivity contribution >= 4 is 50.5 Å². The second-order valence-corrected chi connectivity index (χ2v) is 9.35. The second-order valence-electron chi connectivity index (χ2n) is 9.35. The highest BCUT2D eigenvalue weighted by molar-refractivity contribution is 5.95. The predicted octanol–water partition coefficient (Wildman–Crippen LogP) is 4.49. The molecule has 6 rings (SSSR count). The number of aromatic amines is 2. The van der Waals surface area contributed by atoms with Crippen LogP contribution in [0.2, 0.25) is 0 Å². The number of fused-ring (bicyclic) bond motifs is 3. The number of rotatable bonds is 9. The third-order valence-corrected chi connectivity index (χ3v) is 6.56. The molecule has 0 atom stereocenters. The van der Waals surface area contributed by atoms with Gasteiger partial charge in [0.05, 0.1) is 55.6 Å². The molecule has 0 unspecified atom stereocenters. The van der Waals surface area contributed by atoms with E-state index < -0.39 is 14.8 Å². The molecule has 15 nitrogen and oxygen atoms in total. The first kappa shape index (κ1) is 24.7. The number of nitrogens with one attached hydrogen (secondary N) is 2. The van der Waals surface area contributed by atoms with E-state index in [2.05, 4.69) is 24.9 Å². The fraction of sp³-hybridized carbons (Fsp3) is 0.160. The second kappa shape index (κ2) is 9.63. The van der Waals surface area contributed by atoms with Crippen molar-refractivity contribution in [2.24, 2.45) is 4.99 Å². The Kier molecular flexibility index (Phi) is 5.96. The minimum absolute atomic E-state index is 0.0339. The Labute approximate surface area is 223 Å². The smallest absolute Gasteiger partial charge is 0.271 e. The molecule has 0 aliphatic carbocycles. The minimum Gasteiger partial charge on any atom is -0.341 e. The summed E-state index contributed by atoms with van der Waals surface area (Å²) < 4.78 is 0. The topological polar surface area (TPSA) is 202 Å². The Morgan fingerprint density at radius 2 is 1.20 bits per heavy atom. The molecule has 15 heteroatoms. The Morgan fingerprint density at radius 3 is 1.73 bits per heavy atom. The van der Waals surface area contributed by atoms with Gasteiger partial charge in [-0.15, -0.1) is 0 Å². The van der Waals surface area contributed by atoms with Crippen LogP contribution in [0.5, 0.6) is 0 Å². The van der Waals surface area contributed by atoms with Gasteiger partial charge in [-0.05, 0) is 23.8 Å². The Hall–Kier alpha value is -5.57. The average molecular weight is 541 g/mol. The zero-order valence-corrected chi connectivity index (χ0v) is 20.6. The zero-order valence-electron chi connectivity index (χ0n) is 20.6. The van der Waals surface area contributed by atoms with Crippen molar-refractivity contribution < 1.29 is 14.8 Å². The largest absolute Gasteiger partial charge is 0.341 e. The summed E-state index contributed by atoms with van der Waals surface area (Å²) in [4.78, 5) is 54.2. The lowest BCUT2D eigenvalue weighted by Gasteiger charge is -2.20. The SMILES string of the molecule is O=[N+]([O-])c1ccc2c(c1)N=C(CN(Cc1nc3ccc([N+](=O)[O-])cc3[nH]1)Cc1nc3ccc([N+](=O)[O-])cc3[nH]1)C2. The predicted molar refractivity (Wildman–Crippen MR) is 144 cm³/mol. The fourth-order valence-electron chi connectivity index (χ4n) is 4.77. The van der Waals surface area contributed by atoms with Gasteiger partial charge in [0.2, 0.25) is 0 Å². The molecule has 40 heavy (non-hydrogen) atoms. The molecule has 0 bridgehead atoms. The van der Waals surface area contributed by atoms with Crippen LogP contribution in [0.1, 0.15) is 17.2 Å². The van der Waals surface area contributed by atoms with E-state index in [0.717, 1.165) is 11.3 Å². The van der Waals surface area contributed by atoms with Gasteiger partial charge < -0.3 is 9.97 Å². The Morgan fingerprint density at radius 1 is 0.700 bits per heavy atom. The third kappa shape index (κ3) is 4.83. The van der Waals surface area contributed by atoms with Crippen molar-refractivity contribution in [3.05, 3.63) is 102 Å². The molecule has 0 fully saturated rings. The van der Waals surface area contributed by atoms with Crippen LogP contribution in [0, 0.1) is 30.3 Å². The van der Waals surface area contributed by atoms with Crippen LogP contribution in [0.15, 0.2) is 59.6 Å². The van der Waals surface area contributed by atoms with Crippen LogP contribution in [-0.2, 0) is 19.5 Å². The molecule has 0 radical (unpaired) electrons. The van der Waals surface area contributed by atoms with Crippen LogP contribution in [0.4, 0.5) is 22.7 Å². The van der Waals surface area contributed by atoms with Gasteiger partial charge in [0.1, 0.15) is 11.6 Å². The van der Waals surface area contributed by atoms with Gasteiger partial charge in [0.15, 0.2) is 0 Å². The van der Waals surface area contributed by atoms with Gasteiger partial charge in [-0.1, -0.05) is 0 Å². The lowest BCUT2D eigenvalue weighted by Crippen LogP contribution is -2.30. The first-order valence-corrected chi connectivity index (χ1v) is 12.0. The van der Waals surface area contributed by atoms with Crippen LogP contribution >= 0.6 is 0 Å². The summed E-state index contributed by atoms with van der Waals surface area (Å²) in [6, 6.07) is 13.4. The first-order valence-electron chi connectivity index (χ1n) is 12.0. The quantitative estimate of drug-likeness (QED) is 0.199. The number of hydrogen-bond donors (Lipinski definition) is 2. The van der Waals surface area contributed by atoms with Crippen LogP contribution in [0.3, 0.4) is 0 Å². The van der Waals surface area contributed by atoms with Crippen LogP contribution < -0.4 is 0 Å². The zero-order chi connectivity index (χ0) is 28.0. The standard InChI is InChI=1S/C25H19N9O6/c35-32(36)16-2-1-14-7-15(26-21(14)8-16)11-31(12-24-27-19-5-3-17(33(37)38)9-22(19)29-24)13-25-28-20-6-4-18(34(39)40)10-23(20)30-25/h1-6,8-10H,7,11-13H2,(H,27,29)(H,28,30). The molecule has 2 N–H and O–H groups in total. The highest BCUT2D eigenvalue weighted by Gasteiger charge is 2.22. The molecular formula is C25H19N9O6. The molecule has 200 valence electrons. The molecule has 0 amide bonds. The maximum absolute atomic E-state index is 11.2. The van der Waals surface area contributed by atoms with E-state index in [4.69, 9.17) is 0 Å². The molecule has 0 saturated heterocycles. The average Bonchev–Trinajstić information content (AvgIpc) is 3.62. The monoisotopic (exact) mass is 541 g/mol. The normalized spacial score (nSPS) is 12.7. The number of hydrogen-bond acceptors (Lipinski definition) is 10. The molecule has 0 spiro atoms. The van der Waals surface area contributed by atoms with E-state index in [-0.39, 0.29) is 17.1 Å². The third-order valence-electron chi connectivity index (χ3n) is 6.56. The van der Waals surface area contributed by atoms with E-state index in [1.807, 2.05) is 4.90 Å². The van der Waals surface area contributed by atoms with Crippen LogP contribution in [0.25, 0.3) is 22.1 Å². The molecule has 1 aliphatic heterocycles. The summed E-state index contributed by atoms with van der Waals surface area (Å²) in [5.74, 6) is 1.13. The van der Waals surface area contributed by atoms with Crippen molar-refractivity contribution in [1.82, 2.24) is 24.8 Å². The lowest BCUT2D eigenvalue weighted by atomic mass is 10.1. The number of non-ortho nitro benzene ring substituents is 3. The lowest BCUT2D eigenvalue weighted by molar-refractivity contribution is -0.385. The molecular weight excluding hydrogens is 522 g/mol. The molecule has 3 heterocycles. The van der Waals surface area contributed by atoms with E-state index in [9.17, 15) is 30.3 Å². The number of nitro groups is 3. The van der Waals surface area contributed by atoms with Gasteiger partial charge in [0, 0.05) is 55.1 Å². The van der Waals surface area contributed by atoms with Crippen molar-refractivity contribution in [2.45, 2.75) is 19.5 Å². The van der Waals surface area contributed by atoms with Gasteiger partial charge in [-0.25, -0.2) is 9.97 Å². The molecule has 0 saturated carbocycles. The summed E-state index contributed by atoms with van der Waals surface area (Å²) >= 11 is 0. The Balaban J connectivity index is 1.30. The van der Waals surface area contributed by atoms with E-state index in [1.54, 1.807) is 18.2 Å². The molecule has 3 aromatic carbocycles. The number of aliphatic imine (C=N–C) groups is 1. The molecule has 5 aromatic rings. The van der Waals surface area contributed by atoms with Gasteiger partial charge >= 0.3 is 0 Å². The van der Waals surface area contributed by atoms with Gasteiger partial charge in [0.25, 0.3) is 17.1 Å². The summed E-state index contributed by atoms with van der Waals surface area (Å²) in [5, 5.41) is 33.5. The van der Waals surface area contributed by atoms with Crippen LogP contribution in [-0.4, -0.2) is 51.9 Å². The van der Waals surface area contributed by atoms with E-state index in [1.165, 1.54) is 36.4 Å². The summed E-state index contributed by atoms with van der Waals surface area (Å²) in [6.07, 6.45) is 0.516. The van der Waals surface area contributed by atoms with Crippen molar-refractivity contribution in [2.75, 3.05) is 6.54 Å². The number of benzene rings is 3. The number of aromatic nitrogens is 4. The number of nitro benzene ring substituents is 3. The van der Waals surface area contributed by atoms with Crippen molar-refractivity contribution in [1.29, 1.82) is 0 Å². The molecule has 1 aliphatic rings. The van der Waals surface area contributed by atoms with E-state index in [0.29, 0.717) is 65.5 Å². The summed E-state index contributed by atoms with van der Waals surface area (Å²) in [7, 11) is 0. The Bertz CT molecular complexity index is 1780. The highest BCUT2D eigenvalue weighted by atomic mass is 16.6. The van der Waals surface area contributed by atoms with Crippen molar-refractivity contribution in [3.8, 4) is 0 Å². The van der Waals surface area contributed by atoms with Gasteiger partial charge in [-0.2, -0.15) is 0 Å². The van der Waals surface area contributed by atoms with E-state index >= 15 is 0 Å². The summed E-state index contributed by atoms with van der Waals surface area (Å²) in [6.45, 7) is 0.973. The molecule has 2 aromatic heterocycles. The van der Waals surface area contributed by atoms with Gasteiger partial charge in [-0.3, -0.25) is 40.2 Å². The number of imidazole rings is 2.